The van der Waals surface area contributed by atoms with E-state index in [4.69, 9.17) is 11.6 Å². The molecular weight excluding hydrogens is 302 g/mol. The van der Waals surface area contributed by atoms with Crippen molar-refractivity contribution in [3.63, 3.8) is 0 Å². The molecule has 2 aromatic rings. The molecule has 0 aliphatic rings. The SMILES string of the molecule is O=c1[nH]c(/C=C\c2cc(Cl)ccc2O)c([N+](=O)[O-])c(=O)[nH]1. The molecule has 108 valence electrons. The average molecular weight is 310 g/mol. The van der Waals surface area contributed by atoms with Gasteiger partial charge in [-0.2, -0.15) is 0 Å². The van der Waals surface area contributed by atoms with Crippen LogP contribution in [-0.2, 0) is 0 Å². The standard InChI is InChI=1S/C12H8ClN3O5/c13-7-2-4-9(17)6(5-7)1-3-8-10(16(20)21)11(18)15-12(19)14-8/h1-5,17H,(H2,14,15,18,19)/b3-1-. The second kappa shape index (κ2) is 5.63. The molecule has 0 saturated carbocycles. The number of nitro groups is 1. The Kier molecular flexibility index (Phi) is 3.90. The Morgan fingerprint density at radius 3 is 2.62 bits per heavy atom. The summed E-state index contributed by atoms with van der Waals surface area (Å²) in [4.78, 5) is 36.4. The molecule has 3 N–H and O–H groups in total. The van der Waals surface area contributed by atoms with Crippen LogP contribution < -0.4 is 11.2 Å². The molecule has 9 heteroatoms. The number of phenols is 1. The largest absolute Gasteiger partial charge is 0.507 e. The van der Waals surface area contributed by atoms with Gasteiger partial charge >= 0.3 is 16.9 Å². The average Bonchev–Trinajstić information content (AvgIpc) is 2.38. The highest BCUT2D eigenvalue weighted by molar-refractivity contribution is 6.30. The molecule has 2 rings (SSSR count). The van der Waals surface area contributed by atoms with Crippen LogP contribution in [0.1, 0.15) is 11.3 Å². The third-order valence-electron chi connectivity index (χ3n) is 2.55. The van der Waals surface area contributed by atoms with Crippen molar-refractivity contribution in [1.29, 1.82) is 0 Å². The van der Waals surface area contributed by atoms with Gasteiger partial charge in [-0.15, -0.1) is 0 Å². The lowest BCUT2D eigenvalue weighted by atomic mass is 10.1. The van der Waals surface area contributed by atoms with Crippen LogP contribution in [0.25, 0.3) is 12.2 Å². The van der Waals surface area contributed by atoms with E-state index in [2.05, 4.69) is 4.98 Å². The Balaban J connectivity index is 2.55. The second-order valence-corrected chi connectivity index (χ2v) is 4.40. The van der Waals surface area contributed by atoms with Crippen LogP contribution in [0.15, 0.2) is 27.8 Å². The van der Waals surface area contributed by atoms with Crippen molar-refractivity contribution in [2.45, 2.75) is 0 Å². The van der Waals surface area contributed by atoms with Crippen LogP contribution in [0.2, 0.25) is 5.02 Å². The highest BCUT2D eigenvalue weighted by Gasteiger charge is 2.18. The van der Waals surface area contributed by atoms with E-state index in [0.29, 0.717) is 5.02 Å². The molecule has 0 aliphatic carbocycles. The predicted octanol–water partition coefficient (Wildman–Crippen LogP) is 1.50. The summed E-state index contributed by atoms with van der Waals surface area (Å²) in [6.45, 7) is 0. The Bertz CT molecular complexity index is 853. The topological polar surface area (TPSA) is 129 Å². The molecule has 1 heterocycles. The Morgan fingerprint density at radius 2 is 1.95 bits per heavy atom. The number of nitrogens with one attached hydrogen (secondary N) is 2. The molecule has 0 fully saturated rings. The van der Waals surface area contributed by atoms with Crippen molar-refractivity contribution in [1.82, 2.24) is 9.97 Å². The summed E-state index contributed by atoms with van der Waals surface area (Å²) in [5, 5.41) is 20.8. The van der Waals surface area contributed by atoms with E-state index in [9.17, 15) is 24.8 Å². The zero-order valence-electron chi connectivity index (χ0n) is 10.3. The molecule has 0 amide bonds. The van der Waals surface area contributed by atoms with Gasteiger partial charge in [0.05, 0.1) is 4.92 Å². The molecule has 1 aromatic heterocycles. The van der Waals surface area contributed by atoms with Crippen LogP contribution in [0.5, 0.6) is 5.75 Å². The maximum Gasteiger partial charge on any atom is 0.357 e. The summed E-state index contributed by atoms with van der Waals surface area (Å²) in [7, 11) is 0. The molecule has 8 nitrogen and oxygen atoms in total. The van der Waals surface area contributed by atoms with Gasteiger partial charge in [-0.05, 0) is 30.4 Å². The zero-order chi connectivity index (χ0) is 15.6. The molecule has 0 aliphatic heterocycles. The fourth-order valence-corrected chi connectivity index (χ4v) is 1.81. The van der Waals surface area contributed by atoms with E-state index in [0.717, 1.165) is 6.08 Å². The Labute approximate surface area is 121 Å². The van der Waals surface area contributed by atoms with Gasteiger partial charge in [-0.3, -0.25) is 19.9 Å². The summed E-state index contributed by atoms with van der Waals surface area (Å²) in [5.41, 5.74) is -2.79. The first-order valence-corrected chi connectivity index (χ1v) is 5.94. The zero-order valence-corrected chi connectivity index (χ0v) is 11.0. The highest BCUT2D eigenvalue weighted by Crippen LogP contribution is 2.23. The molecule has 0 bridgehead atoms. The normalized spacial score (nSPS) is 10.9. The lowest BCUT2D eigenvalue weighted by Crippen LogP contribution is -2.25. The van der Waals surface area contributed by atoms with Crippen molar-refractivity contribution in [3.05, 3.63) is 65.4 Å². The first-order chi connectivity index (χ1) is 9.88. The highest BCUT2D eigenvalue weighted by atomic mass is 35.5. The van der Waals surface area contributed by atoms with Crippen molar-refractivity contribution >= 4 is 29.4 Å². The van der Waals surface area contributed by atoms with Crippen LogP contribution in [0.4, 0.5) is 5.69 Å². The lowest BCUT2D eigenvalue weighted by molar-refractivity contribution is -0.386. The number of aromatic hydroxyl groups is 1. The number of nitrogens with zero attached hydrogens (tertiary/aromatic N) is 1. The van der Waals surface area contributed by atoms with Crippen LogP contribution in [0, 0.1) is 10.1 Å². The van der Waals surface area contributed by atoms with Crippen molar-refractivity contribution < 1.29 is 10.0 Å². The fourth-order valence-electron chi connectivity index (χ4n) is 1.63. The monoisotopic (exact) mass is 309 g/mol. The van der Waals surface area contributed by atoms with Gasteiger partial charge in [0.25, 0.3) is 0 Å². The third-order valence-corrected chi connectivity index (χ3v) is 2.78. The number of hydrogen-bond acceptors (Lipinski definition) is 5. The van der Waals surface area contributed by atoms with E-state index in [1.807, 2.05) is 0 Å². The number of phenolic OH excluding ortho intramolecular Hbond substituents is 1. The summed E-state index contributed by atoms with van der Waals surface area (Å²) < 4.78 is 0. The minimum Gasteiger partial charge on any atom is -0.507 e. The molecule has 0 spiro atoms. The molecule has 21 heavy (non-hydrogen) atoms. The van der Waals surface area contributed by atoms with E-state index < -0.39 is 21.9 Å². The van der Waals surface area contributed by atoms with Gasteiger partial charge in [-0.25, -0.2) is 4.79 Å². The predicted molar refractivity (Wildman–Crippen MR) is 76.4 cm³/mol. The summed E-state index contributed by atoms with van der Waals surface area (Å²) in [5.74, 6) is -0.106. The molecule has 0 saturated heterocycles. The van der Waals surface area contributed by atoms with E-state index in [1.165, 1.54) is 24.3 Å². The molecule has 0 atom stereocenters. The number of hydrogen-bond donors (Lipinski definition) is 3. The van der Waals surface area contributed by atoms with E-state index >= 15 is 0 Å². The van der Waals surface area contributed by atoms with Gasteiger partial charge < -0.3 is 10.1 Å². The lowest BCUT2D eigenvalue weighted by Gasteiger charge is -2.00. The number of H-pyrrole nitrogens is 2. The molecule has 0 radical (unpaired) electrons. The van der Waals surface area contributed by atoms with Gasteiger partial charge in [0.15, 0.2) is 0 Å². The first-order valence-electron chi connectivity index (χ1n) is 5.56. The first kappa shape index (κ1) is 14.5. The maximum absolute atomic E-state index is 11.4. The number of aromatic nitrogens is 2. The quantitative estimate of drug-likeness (QED) is 0.584. The van der Waals surface area contributed by atoms with Gasteiger partial charge in [-0.1, -0.05) is 11.6 Å². The van der Waals surface area contributed by atoms with E-state index in [-0.39, 0.29) is 17.0 Å². The van der Waals surface area contributed by atoms with Crippen LogP contribution >= 0.6 is 11.6 Å². The molecule has 1 aromatic carbocycles. The maximum atomic E-state index is 11.4. The van der Waals surface area contributed by atoms with Crippen molar-refractivity contribution in [3.8, 4) is 5.75 Å². The van der Waals surface area contributed by atoms with Gasteiger partial charge in [0, 0.05) is 10.6 Å². The summed E-state index contributed by atoms with van der Waals surface area (Å²) in [6.07, 6.45) is 2.43. The van der Waals surface area contributed by atoms with Gasteiger partial charge in [0.1, 0.15) is 11.4 Å². The summed E-state index contributed by atoms with van der Waals surface area (Å²) in [6, 6.07) is 4.23. The molecular formula is C12H8ClN3O5. The number of aromatic amines is 2. The second-order valence-electron chi connectivity index (χ2n) is 3.96. The van der Waals surface area contributed by atoms with Crippen LogP contribution in [0.3, 0.4) is 0 Å². The Hall–Kier alpha value is -2.87. The fraction of sp³-hybridized carbons (Fsp3) is 0. The smallest absolute Gasteiger partial charge is 0.357 e. The van der Waals surface area contributed by atoms with Crippen molar-refractivity contribution in [2.24, 2.45) is 0 Å². The number of halogens is 1. The minimum atomic E-state index is -1.11. The number of benzene rings is 1. The van der Waals surface area contributed by atoms with Crippen LogP contribution in [-0.4, -0.2) is 20.0 Å². The van der Waals surface area contributed by atoms with E-state index in [1.54, 1.807) is 4.98 Å². The number of rotatable bonds is 3. The minimum absolute atomic E-state index is 0.106. The van der Waals surface area contributed by atoms with Gasteiger partial charge in [0.2, 0.25) is 0 Å². The third kappa shape index (κ3) is 3.18. The van der Waals surface area contributed by atoms with Crippen molar-refractivity contribution in [2.75, 3.05) is 0 Å². The Morgan fingerprint density at radius 1 is 1.24 bits per heavy atom. The summed E-state index contributed by atoms with van der Waals surface area (Å²) >= 11 is 5.76. The molecule has 0 unspecified atom stereocenters.